The number of anilines is 1. The summed E-state index contributed by atoms with van der Waals surface area (Å²) in [7, 11) is 0. The topological polar surface area (TPSA) is 96.7 Å². The number of alkyl halides is 3. The van der Waals surface area contributed by atoms with Crippen LogP contribution in [-0.2, 0) is 6.18 Å². The first-order valence-corrected chi connectivity index (χ1v) is 5.86. The predicted octanol–water partition coefficient (Wildman–Crippen LogP) is 1.43. The maximum Gasteiger partial charge on any atom is 0.435 e. The zero-order chi connectivity index (χ0) is 15.0. The Hall–Kier alpha value is -2.72. The number of hydrogen-bond donors (Lipinski definition) is 2. The van der Waals surface area contributed by atoms with E-state index in [9.17, 15) is 13.2 Å². The molecule has 0 aromatic carbocycles. The fourth-order valence-corrected chi connectivity index (χ4v) is 1.79. The van der Waals surface area contributed by atoms with Crippen molar-refractivity contribution in [2.45, 2.75) is 19.1 Å². The minimum Gasteiger partial charge on any atom is -0.358 e. The summed E-state index contributed by atoms with van der Waals surface area (Å²) >= 11 is 0. The lowest BCUT2D eigenvalue weighted by molar-refractivity contribution is -0.141. The molecule has 0 amide bonds. The molecule has 1 atom stereocenters. The molecule has 11 heteroatoms. The minimum absolute atomic E-state index is 0.208. The maximum atomic E-state index is 12.7. The lowest BCUT2D eigenvalue weighted by atomic mass is 10.3. The van der Waals surface area contributed by atoms with Gasteiger partial charge in [0.25, 0.3) is 0 Å². The van der Waals surface area contributed by atoms with Crippen LogP contribution in [0.2, 0.25) is 0 Å². The van der Waals surface area contributed by atoms with E-state index in [-0.39, 0.29) is 17.4 Å². The summed E-state index contributed by atoms with van der Waals surface area (Å²) in [5.41, 5.74) is -0.772. The van der Waals surface area contributed by atoms with E-state index in [1.807, 2.05) is 0 Å². The molecule has 8 nitrogen and oxygen atoms in total. The summed E-state index contributed by atoms with van der Waals surface area (Å²) in [4.78, 5) is 4.03. The highest BCUT2D eigenvalue weighted by atomic mass is 19.4. The third-order valence-electron chi connectivity index (χ3n) is 2.78. The van der Waals surface area contributed by atoms with Crippen LogP contribution in [0, 0.1) is 0 Å². The van der Waals surface area contributed by atoms with Crippen molar-refractivity contribution in [3.05, 3.63) is 30.0 Å². The molecule has 21 heavy (non-hydrogen) atoms. The van der Waals surface area contributed by atoms with Crippen LogP contribution in [0.25, 0.3) is 5.52 Å². The van der Waals surface area contributed by atoms with Gasteiger partial charge in [0.2, 0.25) is 0 Å². The summed E-state index contributed by atoms with van der Waals surface area (Å²) in [5, 5.41) is 19.7. The Kier molecular flexibility index (Phi) is 2.96. The van der Waals surface area contributed by atoms with Crippen molar-refractivity contribution in [1.29, 1.82) is 0 Å². The quantitative estimate of drug-likeness (QED) is 0.759. The first kappa shape index (κ1) is 13.3. The molecular formula is C10H9F3N8. The monoisotopic (exact) mass is 298 g/mol. The van der Waals surface area contributed by atoms with E-state index in [4.69, 9.17) is 0 Å². The van der Waals surface area contributed by atoms with E-state index in [0.717, 1.165) is 10.6 Å². The van der Waals surface area contributed by atoms with E-state index in [1.165, 1.54) is 12.4 Å². The van der Waals surface area contributed by atoms with Gasteiger partial charge in [0.15, 0.2) is 17.3 Å². The van der Waals surface area contributed by atoms with E-state index in [1.54, 1.807) is 6.92 Å². The van der Waals surface area contributed by atoms with Gasteiger partial charge in [-0.25, -0.2) is 9.50 Å². The molecule has 0 fully saturated rings. The zero-order valence-electron chi connectivity index (χ0n) is 10.6. The van der Waals surface area contributed by atoms with Crippen molar-refractivity contribution in [1.82, 2.24) is 35.2 Å². The number of aromatic amines is 1. The van der Waals surface area contributed by atoms with Gasteiger partial charge in [0.1, 0.15) is 5.52 Å². The number of nitrogens with one attached hydrogen (secondary N) is 2. The van der Waals surface area contributed by atoms with Gasteiger partial charge in [0, 0.05) is 18.5 Å². The maximum absolute atomic E-state index is 12.7. The summed E-state index contributed by atoms with van der Waals surface area (Å²) in [6.07, 6.45) is -1.82. The highest BCUT2D eigenvalue weighted by Gasteiger charge is 2.34. The Balaban J connectivity index is 1.97. The van der Waals surface area contributed by atoms with Crippen LogP contribution in [0.3, 0.4) is 0 Å². The van der Waals surface area contributed by atoms with Gasteiger partial charge in [-0.3, -0.25) is 0 Å². The number of nitrogens with zero attached hydrogens (tertiary/aromatic N) is 6. The first-order valence-electron chi connectivity index (χ1n) is 5.86. The van der Waals surface area contributed by atoms with Crippen LogP contribution in [0.4, 0.5) is 19.0 Å². The van der Waals surface area contributed by atoms with Crippen molar-refractivity contribution in [3.63, 3.8) is 0 Å². The zero-order valence-corrected chi connectivity index (χ0v) is 10.6. The van der Waals surface area contributed by atoms with Crippen LogP contribution in [0.15, 0.2) is 18.5 Å². The van der Waals surface area contributed by atoms with Crippen LogP contribution in [-0.4, -0.2) is 35.2 Å². The first-order chi connectivity index (χ1) is 9.95. The second-order valence-corrected chi connectivity index (χ2v) is 4.27. The molecule has 0 aliphatic rings. The number of halogens is 3. The molecule has 2 N–H and O–H groups in total. The van der Waals surface area contributed by atoms with E-state index < -0.39 is 11.9 Å². The highest BCUT2D eigenvalue weighted by Crippen LogP contribution is 2.30. The van der Waals surface area contributed by atoms with Crippen LogP contribution in [0.1, 0.15) is 24.5 Å². The fourth-order valence-electron chi connectivity index (χ4n) is 1.79. The normalized spacial score (nSPS) is 13.5. The van der Waals surface area contributed by atoms with Gasteiger partial charge in [-0.15, -0.1) is 10.2 Å². The molecule has 3 rings (SSSR count). The standard InChI is InChI=1S/C10H9F3N8/c1-5(8-16-19-20-17-8)15-9-6-4-7(10(11,12)13)18-21(6)3-2-14-9/h2-5H,1H3,(H,14,15)(H,16,17,19,20). The number of aromatic nitrogens is 7. The third kappa shape index (κ3) is 2.49. The minimum atomic E-state index is -4.51. The highest BCUT2D eigenvalue weighted by molar-refractivity contribution is 5.68. The SMILES string of the molecule is CC(Nc1nccn2nc(C(F)(F)F)cc12)c1nn[nH]n1. The largest absolute Gasteiger partial charge is 0.435 e. The van der Waals surface area contributed by atoms with Crippen molar-refractivity contribution in [2.75, 3.05) is 5.32 Å². The number of hydrogen-bond acceptors (Lipinski definition) is 6. The van der Waals surface area contributed by atoms with E-state index in [2.05, 4.69) is 36.0 Å². The third-order valence-corrected chi connectivity index (χ3v) is 2.78. The number of H-pyrrole nitrogens is 1. The molecule has 3 aromatic heterocycles. The van der Waals surface area contributed by atoms with Crippen LogP contribution in [0.5, 0.6) is 0 Å². The predicted molar refractivity (Wildman–Crippen MR) is 64.2 cm³/mol. The van der Waals surface area contributed by atoms with Gasteiger partial charge in [-0.2, -0.15) is 23.5 Å². The van der Waals surface area contributed by atoms with Gasteiger partial charge < -0.3 is 5.32 Å². The summed E-state index contributed by atoms with van der Waals surface area (Å²) in [5.74, 6) is 0.618. The molecule has 3 heterocycles. The van der Waals surface area contributed by atoms with Crippen LogP contribution >= 0.6 is 0 Å². The Labute approximate surface area is 115 Å². The molecule has 0 spiro atoms. The Morgan fingerprint density at radius 1 is 1.38 bits per heavy atom. The molecule has 0 radical (unpaired) electrons. The molecule has 0 bridgehead atoms. The number of rotatable bonds is 3. The van der Waals surface area contributed by atoms with Crippen molar-refractivity contribution in [2.24, 2.45) is 0 Å². The lowest BCUT2D eigenvalue weighted by Crippen LogP contribution is -2.10. The molecule has 3 aromatic rings. The average molecular weight is 298 g/mol. The second-order valence-electron chi connectivity index (χ2n) is 4.27. The summed E-state index contributed by atoms with van der Waals surface area (Å²) in [6.45, 7) is 1.73. The molecule has 0 aliphatic heterocycles. The van der Waals surface area contributed by atoms with Crippen molar-refractivity contribution < 1.29 is 13.2 Å². The number of tetrazole rings is 1. The van der Waals surface area contributed by atoms with E-state index >= 15 is 0 Å². The molecule has 0 saturated heterocycles. The van der Waals surface area contributed by atoms with E-state index in [0.29, 0.717) is 5.82 Å². The van der Waals surface area contributed by atoms with Gasteiger partial charge in [-0.1, -0.05) is 5.21 Å². The summed E-state index contributed by atoms with van der Waals surface area (Å²) < 4.78 is 39.2. The van der Waals surface area contributed by atoms with Crippen molar-refractivity contribution >= 4 is 11.3 Å². The lowest BCUT2D eigenvalue weighted by Gasteiger charge is -2.11. The van der Waals surface area contributed by atoms with Gasteiger partial charge >= 0.3 is 6.18 Å². The smallest absolute Gasteiger partial charge is 0.358 e. The van der Waals surface area contributed by atoms with Crippen molar-refractivity contribution in [3.8, 4) is 0 Å². The van der Waals surface area contributed by atoms with Crippen LogP contribution < -0.4 is 5.32 Å². The summed E-state index contributed by atoms with van der Waals surface area (Å²) in [6, 6.07) is 0.546. The molecule has 1 unspecified atom stereocenters. The molecule has 110 valence electrons. The Morgan fingerprint density at radius 2 is 2.19 bits per heavy atom. The molecule has 0 saturated carbocycles. The second kappa shape index (κ2) is 4.68. The average Bonchev–Trinajstić information content (AvgIpc) is 3.07. The molecular weight excluding hydrogens is 289 g/mol. The Bertz CT molecular complexity index is 747. The fraction of sp³-hybridized carbons (Fsp3) is 0.300. The van der Waals surface area contributed by atoms with Gasteiger partial charge in [-0.05, 0) is 6.92 Å². The number of fused-ring (bicyclic) bond motifs is 1. The van der Waals surface area contributed by atoms with Gasteiger partial charge in [0.05, 0.1) is 6.04 Å². The molecule has 0 aliphatic carbocycles. The Morgan fingerprint density at radius 3 is 2.86 bits per heavy atom.